The third kappa shape index (κ3) is 9.76. The lowest BCUT2D eigenvalue weighted by Crippen LogP contribution is -2.57. The van der Waals surface area contributed by atoms with E-state index in [1.54, 1.807) is 13.2 Å². The average Bonchev–Trinajstić information content (AvgIpc) is 3.61. The molecule has 15 heteroatoms. The Morgan fingerprint density at radius 1 is 0.907 bits per heavy atom. The van der Waals surface area contributed by atoms with Crippen LogP contribution in [0.3, 0.4) is 0 Å². The predicted octanol–water partition coefficient (Wildman–Crippen LogP) is 2.46. The lowest BCUT2D eigenvalue weighted by atomic mass is 10.0. The fourth-order valence-electron chi connectivity index (χ4n) is 6.94. The Morgan fingerprint density at radius 2 is 1.70 bits per heavy atom. The van der Waals surface area contributed by atoms with E-state index in [0.29, 0.717) is 78.0 Å². The smallest absolute Gasteiger partial charge is 0.245 e. The van der Waals surface area contributed by atoms with Gasteiger partial charge in [0.1, 0.15) is 22.9 Å². The molecule has 1 saturated heterocycles. The van der Waals surface area contributed by atoms with Crippen LogP contribution in [0.15, 0.2) is 71.0 Å². The molecule has 1 aromatic carbocycles. The Morgan fingerprint density at radius 3 is 2.52 bits per heavy atom. The van der Waals surface area contributed by atoms with Crippen LogP contribution < -0.4 is 32.3 Å². The standard InChI is InChI=1S/C39H52N10O4S/c1-48-33(20-27-23-43-30-10-3-2-9-29(27)30)37(51)46-24-28-21-35(49-16-18-53-19-17-49)45-25-34(28)54-38-26(8-7-15-42-38)22-44-31(12-6-14-41)36(50)47-32(39(48)52)11-4-5-13-40/h2-3,7-10,15,21,23,25,31-33,43-44H,4-6,11-14,16-20,22,24,40-41H2,1H3,(H,46,51)(H,47,50)/t31-,32-,33-/m0/s1. The zero-order chi connectivity index (χ0) is 37.9. The van der Waals surface area contributed by atoms with Crippen LogP contribution in [0.4, 0.5) is 5.82 Å². The van der Waals surface area contributed by atoms with Gasteiger partial charge in [-0.25, -0.2) is 9.97 Å². The Kier molecular flexibility index (Phi) is 13.9. The number of nitrogens with zero attached hydrogens (tertiary/aromatic N) is 4. The van der Waals surface area contributed by atoms with E-state index in [0.717, 1.165) is 43.3 Å². The summed E-state index contributed by atoms with van der Waals surface area (Å²) in [6.07, 6.45) is 8.53. The van der Waals surface area contributed by atoms with Crippen LogP contribution in [0.2, 0.25) is 0 Å². The minimum Gasteiger partial charge on any atom is -0.378 e. The van der Waals surface area contributed by atoms with Gasteiger partial charge in [0.15, 0.2) is 0 Å². The van der Waals surface area contributed by atoms with Gasteiger partial charge in [-0.15, -0.1) is 0 Å². The molecule has 0 unspecified atom stereocenters. The molecule has 4 aromatic rings. The molecule has 6 rings (SSSR count). The number of anilines is 1. The van der Waals surface area contributed by atoms with Crippen molar-refractivity contribution in [3.8, 4) is 0 Å². The molecule has 0 radical (unpaired) electrons. The summed E-state index contributed by atoms with van der Waals surface area (Å²) in [5, 5.41) is 11.4. The molecule has 2 aliphatic rings. The van der Waals surface area contributed by atoms with Gasteiger partial charge < -0.3 is 46.9 Å². The van der Waals surface area contributed by atoms with Crippen molar-refractivity contribution in [1.82, 2.24) is 35.8 Å². The molecule has 288 valence electrons. The summed E-state index contributed by atoms with van der Waals surface area (Å²) in [4.78, 5) is 60.3. The van der Waals surface area contributed by atoms with Gasteiger partial charge >= 0.3 is 0 Å². The van der Waals surface area contributed by atoms with Gasteiger partial charge in [-0.1, -0.05) is 36.0 Å². The van der Waals surface area contributed by atoms with E-state index in [1.165, 1.54) is 16.7 Å². The van der Waals surface area contributed by atoms with E-state index in [4.69, 9.17) is 26.2 Å². The topological polar surface area (TPSA) is 197 Å². The minimum absolute atomic E-state index is 0.200. The number of carbonyl (C=O) groups is 3. The molecule has 54 heavy (non-hydrogen) atoms. The third-order valence-electron chi connectivity index (χ3n) is 10.1. The van der Waals surface area contributed by atoms with E-state index >= 15 is 0 Å². The molecular formula is C39H52N10O4S. The van der Waals surface area contributed by atoms with E-state index in [9.17, 15) is 14.4 Å². The van der Waals surface area contributed by atoms with Crippen LogP contribution in [0.5, 0.6) is 0 Å². The highest BCUT2D eigenvalue weighted by atomic mass is 32.2. The Balaban J connectivity index is 1.40. The molecule has 1 fully saturated rings. The number of unbranched alkanes of at least 4 members (excludes halogenated alkanes) is 1. The Labute approximate surface area is 320 Å². The van der Waals surface area contributed by atoms with Crippen molar-refractivity contribution < 1.29 is 19.1 Å². The first-order valence-corrected chi connectivity index (χ1v) is 19.6. The zero-order valence-electron chi connectivity index (χ0n) is 30.9. The Hall–Kier alpha value is -4.54. The van der Waals surface area contributed by atoms with Crippen LogP contribution in [0.25, 0.3) is 10.9 Å². The van der Waals surface area contributed by atoms with Gasteiger partial charge in [-0.3, -0.25) is 14.4 Å². The number of aromatic nitrogens is 3. The molecule has 14 nitrogen and oxygen atoms in total. The van der Waals surface area contributed by atoms with Crippen molar-refractivity contribution in [3.05, 3.63) is 77.7 Å². The maximum atomic E-state index is 14.5. The van der Waals surface area contributed by atoms with Gasteiger partial charge in [0.05, 0.1) is 19.3 Å². The third-order valence-corrected chi connectivity index (χ3v) is 11.2. The minimum atomic E-state index is -0.883. The number of fused-ring (bicyclic) bond motifs is 3. The van der Waals surface area contributed by atoms with Crippen LogP contribution in [-0.4, -0.2) is 102 Å². The maximum Gasteiger partial charge on any atom is 0.245 e. The summed E-state index contributed by atoms with van der Waals surface area (Å²) in [5.74, 6) is -0.148. The van der Waals surface area contributed by atoms with E-state index < -0.39 is 18.1 Å². The number of H-pyrrole nitrogens is 1. The molecule has 5 heterocycles. The summed E-state index contributed by atoms with van der Waals surface area (Å²) >= 11 is 1.47. The van der Waals surface area contributed by atoms with Crippen molar-refractivity contribution in [1.29, 1.82) is 0 Å². The SMILES string of the molecule is CN1C(=O)[C@H](CCCCN)NC(=O)[C@H](CCCN)NCc2cccnc2Sc2cnc(N3CCOCC3)cc2CNC(=O)[C@@H]1Cc1c[nH]c2ccccc12. The van der Waals surface area contributed by atoms with Gasteiger partial charge in [0.25, 0.3) is 0 Å². The first-order valence-electron chi connectivity index (χ1n) is 18.8. The number of aromatic amines is 1. The number of carbonyl (C=O) groups excluding carboxylic acids is 3. The molecule has 3 atom stereocenters. The molecule has 3 aromatic heterocycles. The summed E-state index contributed by atoms with van der Waals surface area (Å²) < 4.78 is 5.58. The van der Waals surface area contributed by atoms with Crippen molar-refractivity contribution in [2.45, 2.75) is 79.7 Å². The predicted molar refractivity (Wildman–Crippen MR) is 210 cm³/mol. The normalized spacial score (nSPS) is 20.6. The van der Waals surface area contributed by atoms with E-state index in [-0.39, 0.29) is 30.7 Å². The van der Waals surface area contributed by atoms with Crippen LogP contribution in [0, 0.1) is 0 Å². The highest BCUT2D eigenvalue weighted by Gasteiger charge is 2.34. The highest BCUT2D eigenvalue weighted by molar-refractivity contribution is 7.99. The second kappa shape index (κ2) is 19.2. The van der Waals surface area contributed by atoms with Crippen molar-refractivity contribution in [2.24, 2.45) is 11.5 Å². The number of hydrogen-bond acceptors (Lipinski definition) is 11. The van der Waals surface area contributed by atoms with E-state index in [2.05, 4.69) is 25.8 Å². The summed E-state index contributed by atoms with van der Waals surface area (Å²) in [5.41, 5.74) is 15.3. The summed E-state index contributed by atoms with van der Waals surface area (Å²) in [7, 11) is 1.65. The number of likely N-dealkylation sites (N-methyl/N-ethyl adjacent to an activating group) is 1. The fourth-order valence-corrected chi connectivity index (χ4v) is 7.90. The number of nitrogens with two attached hydrogens (primary N) is 2. The first kappa shape index (κ1) is 39.2. The number of hydrogen-bond donors (Lipinski definition) is 6. The molecule has 8 N–H and O–H groups in total. The molecule has 2 aliphatic heterocycles. The van der Waals surface area contributed by atoms with Crippen LogP contribution in [0.1, 0.15) is 48.8 Å². The molecular weight excluding hydrogens is 705 g/mol. The summed E-state index contributed by atoms with van der Waals surface area (Å²) in [6, 6.07) is 11.4. The monoisotopic (exact) mass is 756 g/mol. The fraction of sp³-hybridized carbons (Fsp3) is 0.462. The van der Waals surface area contributed by atoms with Crippen molar-refractivity contribution >= 4 is 46.2 Å². The lowest BCUT2D eigenvalue weighted by Gasteiger charge is -2.32. The second-order valence-electron chi connectivity index (χ2n) is 13.8. The van der Waals surface area contributed by atoms with Crippen molar-refractivity contribution in [3.63, 3.8) is 0 Å². The van der Waals surface area contributed by atoms with Crippen LogP contribution in [-0.2, 0) is 38.6 Å². The number of ether oxygens (including phenoxy) is 1. The average molecular weight is 757 g/mol. The number of rotatable bonds is 10. The first-order chi connectivity index (χ1) is 26.4. The van der Waals surface area contributed by atoms with Crippen molar-refractivity contribution in [2.75, 3.05) is 51.3 Å². The molecule has 0 saturated carbocycles. The number of morpholine rings is 1. The van der Waals surface area contributed by atoms with Gasteiger partial charge in [0.2, 0.25) is 17.7 Å². The van der Waals surface area contributed by atoms with Crippen LogP contribution >= 0.6 is 11.8 Å². The molecule has 0 aliphatic carbocycles. The number of amides is 3. The quantitative estimate of drug-likeness (QED) is 0.130. The molecule has 0 bridgehead atoms. The number of pyridine rings is 2. The van der Waals surface area contributed by atoms with Gasteiger partial charge in [-0.05, 0) is 80.1 Å². The van der Waals surface area contributed by atoms with Gasteiger partial charge in [0, 0.05) is 74.0 Å². The Bertz CT molecular complexity index is 1880. The maximum absolute atomic E-state index is 14.5. The number of nitrogens with one attached hydrogen (secondary N) is 4. The van der Waals surface area contributed by atoms with E-state index in [1.807, 2.05) is 54.9 Å². The molecule has 0 spiro atoms. The molecule has 3 amide bonds. The number of benzene rings is 1. The lowest BCUT2D eigenvalue weighted by molar-refractivity contribution is -0.142. The largest absolute Gasteiger partial charge is 0.378 e. The second-order valence-corrected chi connectivity index (χ2v) is 14.8. The number of para-hydroxylation sites is 1. The highest BCUT2D eigenvalue weighted by Crippen LogP contribution is 2.33. The summed E-state index contributed by atoms with van der Waals surface area (Å²) in [6.45, 7) is 4.10. The van der Waals surface area contributed by atoms with Gasteiger partial charge in [-0.2, -0.15) is 0 Å². The zero-order valence-corrected chi connectivity index (χ0v) is 31.7.